The van der Waals surface area contributed by atoms with Crippen LogP contribution in [0.1, 0.15) is 24.1 Å². The molecule has 5 rings (SSSR count). The lowest BCUT2D eigenvalue weighted by Gasteiger charge is -2.30. The van der Waals surface area contributed by atoms with E-state index in [2.05, 4.69) is 57.0 Å². The zero-order valence-electron chi connectivity index (χ0n) is 19.2. The van der Waals surface area contributed by atoms with Crippen LogP contribution in [0, 0.1) is 13.8 Å². The largest absolute Gasteiger partial charge is 0.369 e. The Hall–Kier alpha value is -3.65. The second-order valence-electron chi connectivity index (χ2n) is 8.67. The predicted octanol–water partition coefficient (Wildman–Crippen LogP) is 3.45. The van der Waals surface area contributed by atoms with Crippen molar-refractivity contribution in [2.24, 2.45) is 0 Å². The molecule has 2 aromatic carbocycles. The van der Waals surface area contributed by atoms with Crippen LogP contribution in [0.2, 0.25) is 0 Å². The molecule has 2 N–H and O–H groups in total. The summed E-state index contributed by atoms with van der Waals surface area (Å²) in [4.78, 5) is 15.6. The number of piperazine rings is 1. The monoisotopic (exact) mass is 443 g/mol. The van der Waals surface area contributed by atoms with Crippen molar-refractivity contribution in [3.05, 3.63) is 66.1 Å². The van der Waals surface area contributed by atoms with Crippen molar-refractivity contribution in [1.29, 1.82) is 0 Å². The van der Waals surface area contributed by atoms with Crippen LogP contribution < -0.4 is 15.5 Å². The van der Waals surface area contributed by atoms with Gasteiger partial charge in [-0.1, -0.05) is 11.3 Å². The number of carbonyl (C=O) groups excluding carboxylic acids is 1. The highest BCUT2D eigenvalue weighted by Gasteiger charge is 2.20. The Morgan fingerprint density at radius 2 is 1.85 bits per heavy atom. The Kier molecular flexibility index (Phi) is 5.60. The summed E-state index contributed by atoms with van der Waals surface area (Å²) in [6, 6.07) is 12.1. The quantitative estimate of drug-likeness (QED) is 0.494. The van der Waals surface area contributed by atoms with Gasteiger partial charge in [-0.2, -0.15) is 0 Å². The molecule has 33 heavy (non-hydrogen) atoms. The van der Waals surface area contributed by atoms with E-state index in [1.54, 1.807) is 10.9 Å². The Bertz CT molecular complexity index is 1290. The number of anilines is 2. The van der Waals surface area contributed by atoms with Crippen molar-refractivity contribution in [3.63, 3.8) is 0 Å². The van der Waals surface area contributed by atoms with Gasteiger partial charge in [-0.3, -0.25) is 4.79 Å². The van der Waals surface area contributed by atoms with Crippen molar-refractivity contribution in [1.82, 2.24) is 24.9 Å². The topological polar surface area (TPSA) is 80.0 Å². The molecule has 1 aliphatic rings. The number of amides is 1. The van der Waals surface area contributed by atoms with Crippen LogP contribution in [-0.4, -0.2) is 51.6 Å². The van der Waals surface area contributed by atoms with Gasteiger partial charge in [-0.05, 0) is 62.2 Å². The van der Waals surface area contributed by atoms with Crippen LogP contribution in [-0.2, 0) is 4.79 Å². The molecule has 4 aromatic rings. The van der Waals surface area contributed by atoms with E-state index in [1.807, 2.05) is 42.9 Å². The highest BCUT2D eigenvalue weighted by atomic mass is 16.2. The summed E-state index contributed by atoms with van der Waals surface area (Å²) in [7, 11) is 0. The van der Waals surface area contributed by atoms with Gasteiger partial charge in [0.15, 0.2) is 0 Å². The summed E-state index contributed by atoms with van der Waals surface area (Å²) in [6.45, 7) is 9.93. The van der Waals surface area contributed by atoms with Gasteiger partial charge < -0.3 is 20.1 Å². The molecule has 1 unspecified atom stereocenters. The molecule has 0 aliphatic carbocycles. The summed E-state index contributed by atoms with van der Waals surface area (Å²) in [5.74, 6) is -0.0344. The number of aryl methyl sites for hydroxylation is 2. The Morgan fingerprint density at radius 3 is 2.61 bits per heavy atom. The van der Waals surface area contributed by atoms with Gasteiger partial charge in [0.25, 0.3) is 0 Å². The first kappa shape index (κ1) is 21.2. The molecule has 1 atom stereocenters. The minimum Gasteiger partial charge on any atom is -0.369 e. The Labute approximate surface area is 193 Å². The highest BCUT2D eigenvalue weighted by Crippen LogP contribution is 2.28. The Balaban J connectivity index is 1.39. The lowest BCUT2D eigenvalue weighted by Crippen LogP contribution is -2.43. The first-order valence-electron chi connectivity index (χ1n) is 11.4. The highest BCUT2D eigenvalue weighted by molar-refractivity contribution is 5.96. The minimum atomic E-state index is -0.360. The van der Waals surface area contributed by atoms with Gasteiger partial charge in [0, 0.05) is 54.7 Å². The number of fused-ring (bicyclic) bond motifs is 1. The second-order valence-corrected chi connectivity index (χ2v) is 8.67. The van der Waals surface area contributed by atoms with E-state index in [9.17, 15) is 4.79 Å². The molecular weight excluding hydrogens is 414 g/mol. The summed E-state index contributed by atoms with van der Waals surface area (Å²) < 4.78 is 3.78. The molecule has 1 saturated heterocycles. The predicted molar refractivity (Wildman–Crippen MR) is 131 cm³/mol. The molecule has 0 saturated carbocycles. The third-order valence-electron chi connectivity index (χ3n) is 6.46. The number of hydrogen-bond acceptors (Lipinski definition) is 5. The molecule has 0 radical (unpaired) electrons. The molecule has 3 heterocycles. The van der Waals surface area contributed by atoms with Crippen LogP contribution in [0.3, 0.4) is 0 Å². The standard InChI is InChI=1S/C25H29N7O/c1-17-4-5-20(30-11-8-26-9-12-30)15-23(17)28-25(33)19(3)31-16-18(2)22-14-21(6-7-24(22)31)32-13-10-27-29-32/h4-7,10,13-16,19,26H,8-9,11-12H2,1-3H3,(H,28,33). The van der Waals surface area contributed by atoms with Crippen LogP contribution >= 0.6 is 0 Å². The molecule has 2 aromatic heterocycles. The summed E-state index contributed by atoms with van der Waals surface area (Å²) in [5, 5.41) is 15.6. The second kappa shape index (κ2) is 8.71. The van der Waals surface area contributed by atoms with E-state index in [0.717, 1.165) is 65.3 Å². The molecule has 170 valence electrons. The maximum absolute atomic E-state index is 13.3. The summed E-state index contributed by atoms with van der Waals surface area (Å²) >= 11 is 0. The molecule has 1 amide bonds. The molecule has 1 fully saturated rings. The van der Waals surface area contributed by atoms with Crippen molar-refractivity contribution in [2.45, 2.75) is 26.8 Å². The molecule has 8 nitrogen and oxygen atoms in total. The number of nitrogens with one attached hydrogen (secondary N) is 2. The lowest BCUT2D eigenvalue weighted by molar-refractivity contribution is -0.118. The maximum atomic E-state index is 13.3. The van der Waals surface area contributed by atoms with Gasteiger partial charge in [-0.15, -0.1) is 5.10 Å². The average Bonchev–Trinajstić information content (AvgIpc) is 3.49. The fourth-order valence-corrected chi connectivity index (χ4v) is 4.45. The zero-order valence-corrected chi connectivity index (χ0v) is 19.2. The van der Waals surface area contributed by atoms with E-state index in [4.69, 9.17) is 0 Å². The van der Waals surface area contributed by atoms with E-state index >= 15 is 0 Å². The Morgan fingerprint density at radius 1 is 1.06 bits per heavy atom. The lowest BCUT2D eigenvalue weighted by atomic mass is 10.1. The fourth-order valence-electron chi connectivity index (χ4n) is 4.45. The van der Waals surface area contributed by atoms with E-state index in [-0.39, 0.29) is 11.9 Å². The van der Waals surface area contributed by atoms with Crippen LogP contribution in [0.15, 0.2) is 55.0 Å². The van der Waals surface area contributed by atoms with Crippen LogP contribution in [0.4, 0.5) is 11.4 Å². The smallest absolute Gasteiger partial charge is 0.247 e. The van der Waals surface area contributed by atoms with Crippen LogP contribution in [0.25, 0.3) is 16.6 Å². The molecular formula is C25H29N7O. The fraction of sp³-hybridized carbons (Fsp3) is 0.320. The first-order valence-corrected chi connectivity index (χ1v) is 11.4. The van der Waals surface area contributed by atoms with Gasteiger partial charge in [0.05, 0.1) is 18.1 Å². The molecule has 0 bridgehead atoms. The van der Waals surface area contributed by atoms with Crippen molar-refractivity contribution < 1.29 is 4.79 Å². The number of aromatic nitrogens is 4. The van der Waals surface area contributed by atoms with Gasteiger partial charge in [0.2, 0.25) is 5.91 Å². The van der Waals surface area contributed by atoms with Gasteiger partial charge in [-0.25, -0.2) is 4.68 Å². The first-order chi connectivity index (χ1) is 16.0. The van der Waals surface area contributed by atoms with Gasteiger partial charge in [0.1, 0.15) is 6.04 Å². The summed E-state index contributed by atoms with van der Waals surface area (Å²) in [5.41, 5.74) is 6.14. The van der Waals surface area contributed by atoms with Crippen molar-refractivity contribution in [2.75, 3.05) is 36.4 Å². The molecule has 0 spiro atoms. The summed E-state index contributed by atoms with van der Waals surface area (Å²) in [6.07, 6.45) is 5.53. The van der Waals surface area contributed by atoms with E-state index < -0.39 is 0 Å². The minimum absolute atomic E-state index is 0.0344. The third kappa shape index (κ3) is 4.09. The van der Waals surface area contributed by atoms with Crippen molar-refractivity contribution in [3.8, 4) is 5.69 Å². The third-order valence-corrected chi connectivity index (χ3v) is 6.46. The normalized spacial score (nSPS) is 15.1. The van der Waals surface area contributed by atoms with Crippen LogP contribution in [0.5, 0.6) is 0 Å². The maximum Gasteiger partial charge on any atom is 0.247 e. The zero-order chi connectivity index (χ0) is 22.9. The average molecular weight is 444 g/mol. The number of nitrogens with zero attached hydrogens (tertiary/aromatic N) is 5. The van der Waals surface area contributed by atoms with Gasteiger partial charge >= 0.3 is 0 Å². The van der Waals surface area contributed by atoms with E-state index in [0.29, 0.717) is 0 Å². The van der Waals surface area contributed by atoms with E-state index in [1.165, 1.54) is 0 Å². The molecule has 8 heteroatoms. The number of benzene rings is 2. The number of carbonyl (C=O) groups is 1. The number of rotatable bonds is 5. The number of hydrogen-bond donors (Lipinski definition) is 2. The van der Waals surface area contributed by atoms with Crippen molar-refractivity contribution >= 4 is 28.2 Å². The SMILES string of the molecule is Cc1ccc(N2CCNCC2)cc1NC(=O)C(C)n1cc(C)c2cc(-n3ccnn3)ccc21. The molecule has 1 aliphatic heterocycles.